The summed E-state index contributed by atoms with van der Waals surface area (Å²) >= 11 is 0. The van der Waals surface area contributed by atoms with Crippen LogP contribution < -0.4 is 0 Å². The van der Waals surface area contributed by atoms with Gasteiger partial charge in [-0.1, -0.05) is 31.8 Å². The Kier molecular flexibility index (Phi) is 7.28. The Labute approximate surface area is 121 Å². The monoisotopic (exact) mass is 277 g/mol. The lowest BCUT2D eigenvalue weighted by atomic mass is 10.0. The second-order valence-corrected chi connectivity index (χ2v) is 4.96. The molecule has 0 fully saturated rings. The Morgan fingerprint density at radius 3 is 2.60 bits per heavy atom. The van der Waals surface area contributed by atoms with Crippen LogP contribution in [0.15, 0.2) is 18.2 Å². The molecule has 0 spiro atoms. The van der Waals surface area contributed by atoms with E-state index in [4.69, 9.17) is 5.11 Å². The summed E-state index contributed by atoms with van der Waals surface area (Å²) in [4.78, 5) is 2.28. The van der Waals surface area contributed by atoms with Crippen molar-refractivity contribution in [1.82, 2.24) is 4.90 Å². The first-order chi connectivity index (χ1) is 9.62. The number of halogens is 1. The SMILES string of the molecule is CCC(CC)N(C)Cc1ccc(F)cc1C#CCCO. The second kappa shape index (κ2) is 8.73. The van der Waals surface area contributed by atoms with Gasteiger partial charge in [-0.3, -0.25) is 4.90 Å². The molecule has 0 amide bonds. The lowest BCUT2D eigenvalue weighted by molar-refractivity contribution is 0.221. The van der Waals surface area contributed by atoms with Crippen molar-refractivity contribution < 1.29 is 9.50 Å². The van der Waals surface area contributed by atoms with Crippen molar-refractivity contribution >= 4 is 0 Å². The van der Waals surface area contributed by atoms with Gasteiger partial charge in [0.05, 0.1) is 6.61 Å². The maximum absolute atomic E-state index is 13.4. The maximum atomic E-state index is 13.4. The molecule has 1 rings (SSSR count). The standard InChI is InChI=1S/C17H24FNO/c1-4-17(5-2)19(3)13-15-9-10-16(18)12-14(15)8-6-7-11-20/h9-10,12,17,20H,4-5,7,11,13H2,1-3H3. The topological polar surface area (TPSA) is 23.5 Å². The molecule has 0 radical (unpaired) electrons. The fourth-order valence-corrected chi connectivity index (χ4v) is 2.33. The number of aliphatic hydroxyl groups excluding tert-OH is 1. The molecule has 0 saturated heterocycles. The molecule has 20 heavy (non-hydrogen) atoms. The van der Waals surface area contributed by atoms with E-state index in [1.54, 1.807) is 6.07 Å². The van der Waals surface area contributed by atoms with Gasteiger partial charge >= 0.3 is 0 Å². The fourth-order valence-electron chi connectivity index (χ4n) is 2.33. The highest BCUT2D eigenvalue weighted by Crippen LogP contribution is 2.16. The molecule has 0 atom stereocenters. The van der Waals surface area contributed by atoms with Gasteiger partial charge in [-0.25, -0.2) is 4.39 Å². The van der Waals surface area contributed by atoms with E-state index in [0.717, 1.165) is 30.5 Å². The molecular formula is C17H24FNO. The highest BCUT2D eigenvalue weighted by Gasteiger charge is 2.12. The molecule has 0 saturated carbocycles. The molecule has 0 aromatic heterocycles. The molecule has 3 heteroatoms. The summed E-state index contributed by atoms with van der Waals surface area (Å²) in [5, 5.41) is 8.77. The summed E-state index contributed by atoms with van der Waals surface area (Å²) < 4.78 is 13.4. The Balaban J connectivity index is 2.91. The average molecular weight is 277 g/mol. The van der Waals surface area contributed by atoms with Gasteiger partial charge in [-0.2, -0.15) is 0 Å². The molecule has 0 aliphatic carbocycles. The third-order valence-electron chi connectivity index (χ3n) is 3.52. The zero-order valence-corrected chi connectivity index (χ0v) is 12.6. The predicted molar refractivity (Wildman–Crippen MR) is 80.8 cm³/mol. The zero-order valence-electron chi connectivity index (χ0n) is 12.6. The second-order valence-electron chi connectivity index (χ2n) is 4.96. The van der Waals surface area contributed by atoms with Gasteiger partial charge in [0.1, 0.15) is 5.82 Å². The van der Waals surface area contributed by atoms with Crippen LogP contribution in [0.5, 0.6) is 0 Å². The number of rotatable bonds is 6. The zero-order chi connectivity index (χ0) is 15.0. The molecule has 0 bridgehead atoms. The van der Waals surface area contributed by atoms with Crippen molar-refractivity contribution in [3.05, 3.63) is 35.1 Å². The van der Waals surface area contributed by atoms with Crippen LogP contribution in [-0.4, -0.2) is 29.7 Å². The van der Waals surface area contributed by atoms with E-state index < -0.39 is 0 Å². The summed E-state index contributed by atoms with van der Waals surface area (Å²) in [7, 11) is 2.09. The van der Waals surface area contributed by atoms with Gasteiger partial charge in [-0.05, 0) is 37.6 Å². The molecule has 0 aliphatic rings. The van der Waals surface area contributed by atoms with Crippen LogP contribution in [0.4, 0.5) is 4.39 Å². The molecule has 110 valence electrons. The van der Waals surface area contributed by atoms with E-state index >= 15 is 0 Å². The van der Waals surface area contributed by atoms with Gasteiger partial charge in [0.25, 0.3) is 0 Å². The number of aliphatic hydroxyl groups is 1. The van der Waals surface area contributed by atoms with Crippen molar-refractivity contribution in [2.75, 3.05) is 13.7 Å². The molecule has 1 N–H and O–H groups in total. The fraction of sp³-hybridized carbons (Fsp3) is 0.529. The first-order valence-electron chi connectivity index (χ1n) is 7.20. The third kappa shape index (κ3) is 4.96. The first kappa shape index (κ1) is 16.7. The Bertz CT molecular complexity index is 472. The lowest BCUT2D eigenvalue weighted by Gasteiger charge is -2.26. The Morgan fingerprint density at radius 1 is 1.30 bits per heavy atom. The molecule has 0 heterocycles. The quantitative estimate of drug-likeness (QED) is 0.807. The summed E-state index contributed by atoms with van der Waals surface area (Å²) in [6.07, 6.45) is 2.61. The lowest BCUT2D eigenvalue weighted by Crippen LogP contribution is -2.30. The predicted octanol–water partition coefficient (Wildman–Crippen LogP) is 3.18. The van der Waals surface area contributed by atoms with Gasteiger partial charge in [0.2, 0.25) is 0 Å². The van der Waals surface area contributed by atoms with Gasteiger partial charge in [0.15, 0.2) is 0 Å². The van der Waals surface area contributed by atoms with Crippen molar-refractivity contribution in [3.63, 3.8) is 0 Å². The van der Waals surface area contributed by atoms with E-state index in [9.17, 15) is 4.39 Å². The third-order valence-corrected chi connectivity index (χ3v) is 3.52. The van der Waals surface area contributed by atoms with Crippen molar-refractivity contribution in [3.8, 4) is 11.8 Å². The van der Waals surface area contributed by atoms with Crippen LogP contribution in [0.3, 0.4) is 0 Å². The van der Waals surface area contributed by atoms with Gasteiger partial charge < -0.3 is 5.11 Å². The largest absolute Gasteiger partial charge is 0.395 e. The summed E-state index contributed by atoms with van der Waals surface area (Å²) in [6, 6.07) is 5.28. The maximum Gasteiger partial charge on any atom is 0.124 e. The van der Waals surface area contributed by atoms with Crippen LogP contribution in [0, 0.1) is 17.7 Å². The van der Waals surface area contributed by atoms with Crippen LogP contribution >= 0.6 is 0 Å². The van der Waals surface area contributed by atoms with Crippen molar-refractivity contribution in [2.45, 2.75) is 45.7 Å². The molecule has 1 aromatic rings. The summed E-state index contributed by atoms with van der Waals surface area (Å²) in [5.74, 6) is 5.55. The number of nitrogens with zero attached hydrogens (tertiary/aromatic N) is 1. The minimum Gasteiger partial charge on any atom is -0.395 e. The Hall–Kier alpha value is -1.37. The smallest absolute Gasteiger partial charge is 0.124 e. The minimum absolute atomic E-state index is 0.0330. The van der Waals surface area contributed by atoms with E-state index in [0.29, 0.717) is 12.5 Å². The van der Waals surface area contributed by atoms with Gasteiger partial charge in [0, 0.05) is 24.6 Å². The normalized spacial score (nSPS) is 10.8. The van der Waals surface area contributed by atoms with E-state index in [1.165, 1.54) is 12.1 Å². The number of hydrogen-bond acceptors (Lipinski definition) is 2. The van der Waals surface area contributed by atoms with Crippen molar-refractivity contribution in [2.24, 2.45) is 0 Å². The molecule has 0 unspecified atom stereocenters. The van der Waals surface area contributed by atoms with E-state index in [-0.39, 0.29) is 12.4 Å². The minimum atomic E-state index is -0.271. The van der Waals surface area contributed by atoms with Crippen LogP contribution in [0.25, 0.3) is 0 Å². The van der Waals surface area contributed by atoms with E-state index in [1.807, 2.05) is 0 Å². The van der Waals surface area contributed by atoms with Crippen LogP contribution in [-0.2, 0) is 6.54 Å². The van der Waals surface area contributed by atoms with Crippen LogP contribution in [0.1, 0.15) is 44.2 Å². The highest BCUT2D eigenvalue weighted by molar-refractivity contribution is 5.41. The molecule has 1 aromatic carbocycles. The molecular weight excluding hydrogens is 253 g/mol. The molecule has 2 nitrogen and oxygen atoms in total. The Morgan fingerprint density at radius 2 is 2.00 bits per heavy atom. The molecule has 0 aliphatic heterocycles. The van der Waals surface area contributed by atoms with Crippen LogP contribution in [0.2, 0.25) is 0 Å². The summed E-state index contributed by atoms with van der Waals surface area (Å²) in [6.45, 7) is 5.15. The summed E-state index contributed by atoms with van der Waals surface area (Å²) in [5.41, 5.74) is 1.75. The van der Waals surface area contributed by atoms with Crippen molar-refractivity contribution in [1.29, 1.82) is 0 Å². The first-order valence-corrected chi connectivity index (χ1v) is 7.20. The average Bonchev–Trinajstić information content (AvgIpc) is 2.43. The van der Waals surface area contributed by atoms with Gasteiger partial charge in [-0.15, -0.1) is 0 Å². The highest BCUT2D eigenvalue weighted by atomic mass is 19.1. The number of hydrogen-bond donors (Lipinski definition) is 1. The van der Waals surface area contributed by atoms with E-state index in [2.05, 4.69) is 37.6 Å². The number of benzene rings is 1.